The maximum atomic E-state index is 4.68. The molecule has 28 heavy (non-hydrogen) atoms. The molecule has 138 valence electrons. The van der Waals surface area contributed by atoms with E-state index in [1.165, 1.54) is 0 Å². The predicted molar refractivity (Wildman–Crippen MR) is 111 cm³/mol. The molecule has 0 amide bonds. The lowest BCUT2D eigenvalue weighted by molar-refractivity contribution is 0.898. The number of nitrogens with zero attached hydrogens (tertiary/aromatic N) is 4. The number of anilines is 1. The Labute approximate surface area is 161 Å². The van der Waals surface area contributed by atoms with Crippen LogP contribution < -0.4 is 5.32 Å². The van der Waals surface area contributed by atoms with Gasteiger partial charge in [-0.15, -0.1) is 0 Å². The first-order valence-electron chi connectivity index (χ1n) is 9.18. The molecule has 0 aliphatic heterocycles. The molecule has 0 spiro atoms. The fourth-order valence-corrected chi connectivity index (χ4v) is 3.32. The third-order valence-corrected chi connectivity index (χ3v) is 4.56. The number of fused-ring (bicyclic) bond motifs is 2. The van der Waals surface area contributed by atoms with E-state index < -0.39 is 0 Å². The van der Waals surface area contributed by atoms with Crippen molar-refractivity contribution >= 4 is 27.8 Å². The summed E-state index contributed by atoms with van der Waals surface area (Å²) >= 11 is 0. The van der Waals surface area contributed by atoms with Crippen molar-refractivity contribution in [2.45, 2.75) is 19.9 Å². The fourth-order valence-electron chi connectivity index (χ4n) is 3.32. The Bertz CT molecular complexity index is 1250. The summed E-state index contributed by atoms with van der Waals surface area (Å²) in [7, 11) is 0. The Morgan fingerprint density at radius 2 is 1.86 bits per heavy atom. The van der Waals surface area contributed by atoms with E-state index in [4.69, 9.17) is 0 Å². The topological polar surface area (TPSA) is 95.2 Å². The maximum Gasteiger partial charge on any atom is 0.181 e. The van der Waals surface area contributed by atoms with Crippen LogP contribution in [0.1, 0.15) is 13.8 Å². The van der Waals surface area contributed by atoms with Crippen LogP contribution in [0.4, 0.5) is 5.69 Å². The molecule has 0 fully saturated rings. The van der Waals surface area contributed by atoms with E-state index in [0.29, 0.717) is 11.7 Å². The molecule has 1 aromatic carbocycles. The van der Waals surface area contributed by atoms with Gasteiger partial charge in [-0.2, -0.15) is 5.10 Å². The summed E-state index contributed by atoms with van der Waals surface area (Å²) in [5.74, 6) is 0.746. The number of pyridine rings is 2. The van der Waals surface area contributed by atoms with Gasteiger partial charge < -0.3 is 10.3 Å². The van der Waals surface area contributed by atoms with Gasteiger partial charge >= 0.3 is 0 Å². The Kier molecular flexibility index (Phi) is 3.79. The van der Waals surface area contributed by atoms with E-state index in [0.717, 1.165) is 44.8 Å². The first-order chi connectivity index (χ1) is 13.7. The molecule has 0 aliphatic carbocycles. The van der Waals surface area contributed by atoms with Crippen molar-refractivity contribution in [2.75, 3.05) is 5.32 Å². The van der Waals surface area contributed by atoms with Gasteiger partial charge in [0.2, 0.25) is 0 Å². The monoisotopic (exact) mass is 369 g/mol. The van der Waals surface area contributed by atoms with Gasteiger partial charge in [0.05, 0.1) is 22.1 Å². The highest BCUT2D eigenvalue weighted by molar-refractivity contribution is 5.93. The predicted octanol–water partition coefficient (Wildman–Crippen LogP) is 4.38. The van der Waals surface area contributed by atoms with Crippen LogP contribution in [0, 0.1) is 0 Å². The third kappa shape index (κ3) is 2.87. The average molecular weight is 369 g/mol. The van der Waals surface area contributed by atoms with Crippen molar-refractivity contribution < 1.29 is 0 Å². The van der Waals surface area contributed by atoms with Gasteiger partial charge in [-0.05, 0) is 38.1 Å². The molecule has 5 rings (SSSR count). The van der Waals surface area contributed by atoms with Gasteiger partial charge in [0.25, 0.3) is 0 Å². The zero-order chi connectivity index (χ0) is 19.1. The molecule has 0 atom stereocenters. The summed E-state index contributed by atoms with van der Waals surface area (Å²) in [5, 5.41) is 11.7. The lowest BCUT2D eigenvalue weighted by atomic mass is 10.1. The molecule has 0 radical (unpaired) electrons. The Hall–Kier alpha value is -3.74. The molecule has 3 N–H and O–H groups in total. The lowest BCUT2D eigenvalue weighted by Crippen LogP contribution is -2.09. The summed E-state index contributed by atoms with van der Waals surface area (Å²) in [4.78, 5) is 16.9. The quantitative estimate of drug-likeness (QED) is 0.437. The number of rotatable bonds is 4. The first kappa shape index (κ1) is 16.4. The summed E-state index contributed by atoms with van der Waals surface area (Å²) < 4.78 is 0. The van der Waals surface area contributed by atoms with Crippen molar-refractivity contribution in [2.24, 2.45) is 0 Å². The molecule has 0 unspecified atom stereocenters. The minimum Gasteiger partial charge on any atom is -0.382 e. The zero-order valence-electron chi connectivity index (χ0n) is 15.6. The highest BCUT2D eigenvalue weighted by Crippen LogP contribution is 2.29. The van der Waals surface area contributed by atoms with Crippen LogP contribution in [0.25, 0.3) is 44.7 Å². The molecule has 0 saturated carbocycles. The van der Waals surface area contributed by atoms with E-state index in [9.17, 15) is 0 Å². The Balaban J connectivity index is 1.60. The van der Waals surface area contributed by atoms with E-state index in [1.807, 2.05) is 42.9 Å². The number of nitrogens with one attached hydrogen (secondary N) is 3. The van der Waals surface area contributed by atoms with Crippen LogP contribution in [0.2, 0.25) is 0 Å². The van der Waals surface area contributed by atoms with Crippen LogP contribution in [-0.2, 0) is 0 Å². The third-order valence-electron chi connectivity index (χ3n) is 4.56. The first-order valence-corrected chi connectivity index (χ1v) is 9.18. The van der Waals surface area contributed by atoms with Crippen molar-refractivity contribution in [3.8, 4) is 22.6 Å². The van der Waals surface area contributed by atoms with Crippen LogP contribution in [-0.4, -0.2) is 36.2 Å². The number of hydrogen-bond donors (Lipinski definition) is 3. The second-order valence-corrected chi connectivity index (χ2v) is 7.06. The van der Waals surface area contributed by atoms with Gasteiger partial charge in [-0.1, -0.05) is 12.1 Å². The van der Waals surface area contributed by atoms with E-state index >= 15 is 0 Å². The maximum absolute atomic E-state index is 4.68. The average Bonchev–Trinajstić information content (AvgIpc) is 3.30. The van der Waals surface area contributed by atoms with Gasteiger partial charge in [0.15, 0.2) is 11.5 Å². The molecule has 7 nitrogen and oxygen atoms in total. The molecular weight excluding hydrogens is 350 g/mol. The standard InChI is InChI=1S/C21H19N7/c1-12(2)24-15-7-13(9-22-11-15)14-8-16-19(27-28-20(16)23-10-14)21-25-17-5-3-4-6-18(17)26-21/h3-12,24H,1-2H3,(H,25,26)(H,23,27,28). The number of imidazole rings is 1. The Morgan fingerprint density at radius 3 is 2.71 bits per heavy atom. The summed E-state index contributed by atoms with van der Waals surface area (Å²) in [5.41, 5.74) is 6.34. The summed E-state index contributed by atoms with van der Waals surface area (Å²) in [6.45, 7) is 4.21. The van der Waals surface area contributed by atoms with Crippen molar-refractivity contribution in [3.63, 3.8) is 0 Å². The summed E-state index contributed by atoms with van der Waals surface area (Å²) in [6, 6.07) is 12.4. The molecule has 0 aliphatic rings. The zero-order valence-corrected chi connectivity index (χ0v) is 15.6. The molecular formula is C21H19N7. The molecule has 7 heteroatoms. The van der Waals surface area contributed by atoms with Crippen molar-refractivity contribution in [1.29, 1.82) is 0 Å². The van der Waals surface area contributed by atoms with E-state index in [1.54, 1.807) is 0 Å². The van der Waals surface area contributed by atoms with Gasteiger partial charge in [-0.3, -0.25) is 10.1 Å². The highest BCUT2D eigenvalue weighted by Gasteiger charge is 2.14. The van der Waals surface area contributed by atoms with Crippen molar-refractivity contribution in [1.82, 2.24) is 30.1 Å². The molecule has 4 heterocycles. The molecule has 0 saturated heterocycles. The summed E-state index contributed by atoms with van der Waals surface area (Å²) in [6.07, 6.45) is 5.49. The van der Waals surface area contributed by atoms with Crippen LogP contribution in [0.5, 0.6) is 0 Å². The van der Waals surface area contributed by atoms with E-state index in [2.05, 4.69) is 61.4 Å². The number of aromatic amines is 2. The van der Waals surface area contributed by atoms with Crippen LogP contribution in [0.15, 0.2) is 55.0 Å². The largest absolute Gasteiger partial charge is 0.382 e. The SMILES string of the molecule is CC(C)Nc1cncc(-c2cnc3n[nH]c(-c4nc5ccccc5[nH]4)c3c2)c1. The minimum absolute atomic E-state index is 0.339. The lowest BCUT2D eigenvalue weighted by Gasteiger charge is -2.10. The molecule has 5 aromatic rings. The number of benzene rings is 1. The van der Waals surface area contributed by atoms with Crippen LogP contribution in [0.3, 0.4) is 0 Å². The second kappa shape index (κ2) is 6.45. The van der Waals surface area contributed by atoms with E-state index in [-0.39, 0.29) is 0 Å². The number of hydrogen-bond acceptors (Lipinski definition) is 5. The van der Waals surface area contributed by atoms with Crippen LogP contribution >= 0.6 is 0 Å². The smallest absolute Gasteiger partial charge is 0.181 e. The number of para-hydroxylation sites is 2. The number of H-pyrrole nitrogens is 2. The van der Waals surface area contributed by atoms with Gasteiger partial charge in [0.1, 0.15) is 5.69 Å². The molecule has 0 bridgehead atoms. The normalized spacial score (nSPS) is 11.5. The second-order valence-electron chi connectivity index (χ2n) is 7.06. The highest BCUT2D eigenvalue weighted by atomic mass is 15.2. The van der Waals surface area contributed by atoms with Gasteiger partial charge in [-0.25, -0.2) is 9.97 Å². The fraction of sp³-hybridized carbons (Fsp3) is 0.143. The molecule has 4 aromatic heterocycles. The Morgan fingerprint density at radius 1 is 1.00 bits per heavy atom. The number of aromatic nitrogens is 6. The minimum atomic E-state index is 0.339. The van der Waals surface area contributed by atoms with Crippen molar-refractivity contribution in [3.05, 3.63) is 55.0 Å². The van der Waals surface area contributed by atoms with Gasteiger partial charge in [0, 0.05) is 35.8 Å².